The molecule has 0 aromatic heterocycles. The molecule has 0 radical (unpaired) electrons. The van der Waals surface area contributed by atoms with Gasteiger partial charge in [-0.3, -0.25) is 4.79 Å². The zero-order chi connectivity index (χ0) is 10.6. The molecule has 1 aromatic carbocycles. The second-order valence-corrected chi connectivity index (χ2v) is 2.93. The molecule has 68 valence electrons. The number of aldehydes is 1. The fourth-order valence-corrected chi connectivity index (χ4v) is 1.23. The van der Waals surface area contributed by atoms with Crippen LogP contribution in [-0.2, 0) is 6.42 Å². The molecule has 0 N–H and O–H groups in total. The predicted molar refractivity (Wildman–Crippen MR) is 50.6 cm³/mol. The van der Waals surface area contributed by atoms with Crippen LogP contribution in [0.3, 0.4) is 0 Å². The molecule has 0 fully saturated rings. The van der Waals surface area contributed by atoms with Crippen LogP contribution >= 0.6 is 0 Å². The van der Waals surface area contributed by atoms with Gasteiger partial charge in [-0.2, -0.15) is 10.5 Å². The van der Waals surface area contributed by atoms with Crippen molar-refractivity contribution >= 4 is 6.29 Å². The van der Waals surface area contributed by atoms with Crippen molar-refractivity contribution in [2.75, 3.05) is 0 Å². The van der Waals surface area contributed by atoms with E-state index in [1.807, 2.05) is 12.1 Å². The monoisotopic (exact) mass is 184 g/mol. The van der Waals surface area contributed by atoms with Crippen molar-refractivity contribution in [1.29, 1.82) is 10.5 Å². The molecule has 0 saturated carbocycles. The average molecular weight is 184 g/mol. The first kappa shape index (κ1) is 9.95. The Kier molecular flexibility index (Phi) is 2.99. The van der Waals surface area contributed by atoms with Crippen LogP contribution in [0, 0.1) is 29.6 Å². The number of carbonyl (C=O) groups is 1. The maximum absolute atomic E-state index is 10.6. The molecule has 1 rings (SSSR count). The zero-order valence-corrected chi connectivity index (χ0v) is 7.74. The molecule has 0 atom stereocenters. The number of hydrogen-bond acceptors (Lipinski definition) is 3. The number of carbonyl (C=O) groups excluding carboxylic acids is 1. The highest BCUT2D eigenvalue weighted by atomic mass is 16.1. The lowest BCUT2D eigenvalue weighted by Gasteiger charge is -2.03. The Hall–Kier alpha value is -2.13. The molecule has 3 heteroatoms. The van der Waals surface area contributed by atoms with E-state index in [2.05, 4.69) is 0 Å². The van der Waals surface area contributed by atoms with E-state index in [1.54, 1.807) is 19.1 Å². The third kappa shape index (κ3) is 1.78. The van der Waals surface area contributed by atoms with Gasteiger partial charge in [0.1, 0.15) is 6.29 Å². The van der Waals surface area contributed by atoms with Gasteiger partial charge in [0.25, 0.3) is 0 Å². The molecule has 0 aliphatic carbocycles. The molecule has 0 aliphatic rings. The number of nitriles is 2. The van der Waals surface area contributed by atoms with Crippen LogP contribution in [0.25, 0.3) is 0 Å². The lowest BCUT2D eigenvalue weighted by molar-refractivity contribution is 0.112. The van der Waals surface area contributed by atoms with Gasteiger partial charge in [-0.1, -0.05) is 0 Å². The van der Waals surface area contributed by atoms with E-state index < -0.39 is 0 Å². The van der Waals surface area contributed by atoms with Crippen LogP contribution in [-0.4, -0.2) is 6.29 Å². The SMILES string of the molecule is Cc1cc(C#N)c(CC#N)cc1C=O. The Bertz CT molecular complexity index is 450. The highest BCUT2D eigenvalue weighted by molar-refractivity contribution is 5.78. The number of rotatable bonds is 2. The van der Waals surface area contributed by atoms with Gasteiger partial charge in [-0.05, 0) is 30.2 Å². The Balaban J connectivity index is 3.35. The lowest BCUT2D eigenvalue weighted by atomic mass is 9.99. The summed E-state index contributed by atoms with van der Waals surface area (Å²) in [5.74, 6) is 0. The first-order valence-corrected chi connectivity index (χ1v) is 4.08. The van der Waals surface area contributed by atoms with Gasteiger partial charge in [-0.25, -0.2) is 0 Å². The standard InChI is InChI=1S/C11H8N2O/c1-8-4-10(6-13)9(2-3-12)5-11(8)7-14/h4-5,7H,2H2,1H3. The summed E-state index contributed by atoms with van der Waals surface area (Å²) in [7, 11) is 0. The summed E-state index contributed by atoms with van der Waals surface area (Å²) < 4.78 is 0. The van der Waals surface area contributed by atoms with E-state index in [4.69, 9.17) is 10.5 Å². The topological polar surface area (TPSA) is 64.7 Å². The summed E-state index contributed by atoms with van der Waals surface area (Å²) in [5, 5.41) is 17.3. The third-order valence-electron chi connectivity index (χ3n) is 2.01. The normalized spacial score (nSPS) is 8.79. The maximum Gasteiger partial charge on any atom is 0.150 e. The zero-order valence-electron chi connectivity index (χ0n) is 7.74. The van der Waals surface area contributed by atoms with E-state index in [-0.39, 0.29) is 6.42 Å². The number of hydrogen-bond donors (Lipinski definition) is 0. The molecular weight excluding hydrogens is 176 g/mol. The minimum atomic E-state index is 0.157. The highest BCUT2D eigenvalue weighted by Crippen LogP contribution is 2.15. The van der Waals surface area contributed by atoms with Crippen LogP contribution in [0.4, 0.5) is 0 Å². The summed E-state index contributed by atoms with van der Waals surface area (Å²) in [5.41, 5.74) is 2.38. The Morgan fingerprint density at radius 2 is 2.14 bits per heavy atom. The molecule has 3 nitrogen and oxygen atoms in total. The number of benzene rings is 1. The summed E-state index contributed by atoms with van der Waals surface area (Å²) in [6.45, 7) is 1.76. The first-order valence-electron chi connectivity index (χ1n) is 4.08. The van der Waals surface area contributed by atoms with Crippen molar-refractivity contribution in [2.45, 2.75) is 13.3 Å². The quantitative estimate of drug-likeness (QED) is 0.657. The highest BCUT2D eigenvalue weighted by Gasteiger charge is 2.06. The van der Waals surface area contributed by atoms with Gasteiger partial charge >= 0.3 is 0 Å². The smallest absolute Gasteiger partial charge is 0.150 e. The predicted octanol–water partition coefficient (Wildman–Crippen LogP) is 1.75. The van der Waals surface area contributed by atoms with Crippen LogP contribution in [0.2, 0.25) is 0 Å². The van der Waals surface area contributed by atoms with Gasteiger partial charge in [0, 0.05) is 5.56 Å². The molecular formula is C11H8N2O. The van der Waals surface area contributed by atoms with Crippen LogP contribution in [0.1, 0.15) is 27.0 Å². The summed E-state index contributed by atoms with van der Waals surface area (Å²) in [4.78, 5) is 10.6. The summed E-state index contributed by atoms with van der Waals surface area (Å²) in [6, 6.07) is 7.20. The second kappa shape index (κ2) is 4.20. The molecule has 0 saturated heterocycles. The van der Waals surface area contributed by atoms with Gasteiger partial charge in [0.05, 0.1) is 24.1 Å². The molecule has 0 aliphatic heterocycles. The Morgan fingerprint density at radius 1 is 1.43 bits per heavy atom. The fourth-order valence-electron chi connectivity index (χ4n) is 1.23. The molecule has 0 bridgehead atoms. The van der Waals surface area contributed by atoms with E-state index in [0.717, 1.165) is 11.8 Å². The Labute approximate surface area is 82.2 Å². The molecule has 0 heterocycles. The number of nitrogens with zero attached hydrogens (tertiary/aromatic N) is 2. The minimum Gasteiger partial charge on any atom is -0.298 e. The van der Waals surface area contributed by atoms with Crippen molar-refractivity contribution < 1.29 is 4.79 Å². The second-order valence-electron chi connectivity index (χ2n) is 2.93. The minimum absolute atomic E-state index is 0.157. The van der Waals surface area contributed by atoms with Crippen LogP contribution in [0.15, 0.2) is 12.1 Å². The number of aryl methyl sites for hydroxylation is 1. The van der Waals surface area contributed by atoms with Gasteiger partial charge in [-0.15, -0.1) is 0 Å². The molecule has 0 unspecified atom stereocenters. The maximum atomic E-state index is 10.6. The summed E-state index contributed by atoms with van der Waals surface area (Å²) >= 11 is 0. The van der Waals surface area contributed by atoms with Crippen LogP contribution in [0.5, 0.6) is 0 Å². The van der Waals surface area contributed by atoms with E-state index >= 15 is 0 Å². The van der Waals surface area contributed by atoms with Gasteiger partial charge in [0.2, 0.25) is 0 Å². The van der Waals surface area contributed by atoms with Crippen molar-refractivity contribution in [3.05, 3.63) is 34.4 Å². The summed E-state index contributed by atoms with van der Waals surface area (Å²) in [6.07, 6.45) is 0.890. The van der Waals surface area contributed by atoms with Crippen LogP contribution < -0.4 is 0 Å². The van der Waals surface area contributed by atoms with Crippen molar-refractivity contribution in [2.24, 2.45) is 0 Å². The lowest BCUT2D eigenvalue weighted by Crippen LogP contribution is -1.95. The van der Waals surface area contributed by atoms with E-state index in [9.17, 15) is 4.79 Å². The molecule has 14 heavy (non-hydrogen) atoms. The van der Waals surface area contributed by atoms with Crippen molar-refractivity contribution in [3.63, 3.8) is 0 Å². The average Bonchev–Trinajstić information content (AvgIpc) is 2.20. The molecule has 0 amide bonds. The van der Waals surface area contributed by atoms with E-state index in [0.29, 0.717) is 16.7 Å². The third-order valence-corrected chi connectivity index (χ3v) is 2.01. The molecule has 0 spiro atoms. The van der Waals surface area contributed by atoms with Crippen molar-refractivity contribution in [1.82, 2.24) is 0 Å². The largest absolute Gasteiger partial charge is 0.298 e. The first-order chi connectivity index (χ1) is 6.72. The van der Waals surface area contributed by atoms with Gasteiger partial charge < -0.3 is 0 Å². The van der Waals surface area contributed by atoms with Gasteiger partial charge in [0.15, 0.2) is 0 Å². The fraction of sp³-hybridized carbons (Fsp3) is 0.182. The Morgan fingerprint density at radius 3 is 2.64 bits per heavy atom. The van der Waals surface area contributed by atoms with E-state index in [1.165, 1.54) is 0 Å². The molecule has 1 aromatic rings. The van der Waals surface area contributed by atoms with Crippen molar-refractivity contribution in [3.8, 4) is 12.1 Å².